The predicted molar refractivity (Wildman–Crippen MR) is 108 cm³/mol. The van der Waals surface area contributed by atoms with Crippen LogP contribution in [0.15, 0.2) is 30.5 Å². The highest BCUT2D eigenvalue weighted by Gasteiger charge is 2.17. The first-order chi connectivity index (χ1) is 13.7. The van der Waals surface area contributed by atoms with E-state index >= 15 is 0 Å². The van der Waals surface area contributed by atoms with E-state index in [1.807, 2.05) is 42.9 Å². The van der Waals surface area contributed by atoms with Crippen molar-refractivity contribution in [2.45, 2.75) is 39.2 Å². The van der Waals surface area contributed by atoms with Gasteiger partial charge in [0.1, 0.15) is 5.69 Å². The summed E-state index contributed by atoms with van der Waals surface area (Å²) in [6.45, 7) is 7.58. The van der Waals surface area contributed by atoms with E-state index in [1.165, 1.54) is 0 Å². The van der Waals surface area contributed by atoms with Gasteiger partial charge in [0.05, 0.1) is 19.3 Å². The van der Waals surface area contributed by atoms with Gasteiger partial charge in [0.25, 0.3) is 5.91 Å². The molecule has 1 atom stereocenters. The van der Waals surface area contributed by atoms with Crippen molar-refractivity contribution in [2.75, 3.05) is 32.8 Å². The number of nitrogens with zero attached hydrogens (tertiary/aromatic N) is 2. The molecule has 7 heteroatoms. The predicted octanol–water partition coefficient (Wildman–Crippen LogP) is 2.58. The molecular weight excluding hydrogens is 356 g/mol. The van der Waals surface area contributed by atoms with Gasteiger partial charge in [-0.3, -0.25) is 9.48 Å². The topological polar surface area (TPSA) is 77.4 Å². The van der Waals surface area contributed by atoms with Gasteiger partial charge in [0, 0.05) is 19.3 Å². The van der Waals surface area contributed by atoms with Crippen LogP contribution >= 0.6 is 0 Å². The Morgan fingerprint density at radius 1 is 1.25 bits per heavy atom. The molecule has 2 N–H and O–H groups in total. The number of amides is 1. The van der Waals surface area contributed by atoms with E-state index < -0.39 is 0 Å². The SMILES string of the molecule is CCOc1ccc(CCNC(=O)c2ccn(C3CCCNC3)n2)cc1OCC. The molecule has 1 aliphatic rings. The monoisotopic (exact) mass is 386 g/mol. The van der Waals surface area contributed by atoms with Gasteiger partial charge in [-0.25, -0.2) is 0 Å². The average Bonchev–Trinajstić information content (AvgIpc) is 3.21. The number of nitrogens with one attached hydrogen (secondary N) is 2. The molecule has 1 saturated heterocycles. The number of aromatic nitrogens is 2. The highest BCUT2D eigenvalue weighted by molar-refractivity contribution is 5.92. The first-order valence-electron chi connectivity index (χ1n) is 10.1. The summed E-state index contributed by atoms with van der Waals surface area (Å²) in [5.41, 5.74) is 1.55. The third-order valence-electron chi connectivity index (χ3n) is 4.79. The second-order valence-electron chi connectivity index (χ2n) is 6.83. The van der Waals surface area contributed by atoms with Gasteiger partial charge in [-0.05, 0) is 63.4 Å². The fraction of sp³-hybridized carbons (Fsp3) is 0.524. The molecule has 28 heavy (non-hydrogen) atoms. The molecule has 0 spiro atoms. The number of hydrogen-bond donors (Lipinski definition) is 2. The van der Waals surface area contributed by atoms with Crippen LogP contribution in [0, 0.1) is 0 Å². The van der Waals surface area contributed by atoms with E-state index in [4.69, 9.17) is 9.47 Å². The van der Waals surface area contributed by atoms with E-state index in [0.29, 0.717) is 37.9 Å². The number of carbonyl (C=O) groups excluding carboxylic acids is 1. The quantitative estimate of drug-likeness (QED) is 0.693. The van der Waals surface area contributed by atoms with Crippen LogP contribution in [0.1, 0.15) is 48.8 Å². The van der Waals surface area contributed by atoms with Crippen molar-refractivity contribution in [3.8, 4) is 11.5 Å². The van der Waals surface area contributed by atoms with Gasteiger partial charge in [0.15, 0.2) is 11.5 Å². The lowest BCUT2D eigenvalue weighted by Crippen LogP contribution is -2.32. The lowest BCUT2D eigenvalue weighted by atomic mass is 10.1. The van der Waals surface area contributed by atoms with Gasteiger partial charge < -0.3 is 20.1 Å². The van der Waals surface area contributed by atoms with Crippen LogP contribution in [0.4, 0.5) is 0 Å². The van der Waals surface area contributed by atoms with E-state index in [1.54, 1.807) is 6.07 Å². The number of rotatable bonds is 9. The van der Waals surface area contributed by atoms with E-state index in [0.717, 1.165) is 43.0 Å². The highest BCUT2D eigenvalue weighted by atomic mass is 16.5. The number of hydrogen-bond acceptors (Lipinski definition) is 5. The number of piperidine rings is 1. The van der Waals surface area contributed by atoms with Gasteiger partial charge in [0.2, 0.25) is 0 Å². The smallest absolute Gasteiger partial charge is 0.271 e. The minimum absolute atomic E-state index is 0.140. The Kier molecular flexibility index (Phi) is 7.31. The van der Waals surface area contributed by atoms with Gasteiger partial charge in [-0.2, -0.15) is 5.10 Å². The lowest BCUT2D eigenvalue weighted by Gasteiger charge is -2.22. The summed E-state index contributed by atoms with van der Waals surface area (Å²) < 4.78 is 13.1. The first kappa shape index (κ1) is 20.2. The summed E-state index contributed by atoms with van der Waals surface area (Å²) in [5, 5.41) is 10.8. The van der Waals surface area contributed by atoms with Crippen LogP contribution in [0.25, 0.3) is 0 Å². The molecule has 3 rings (SSSR count). The van der Waals surface area contributed by atoms with Crippen LogP contribution in [-0.4, -0.2) is 48.5 Å². The van der Waals surface area contributed by atoms with Crippen LogP contribution in [0.3, 0.4) is 0 Å². The largest absolute Gasteiger partial charge is 0.490 e. The van der Waals surface area contributed by atoms with Crippen LogP contribution in [0.5, 0.6) is 11.5 Å². The standard InChI is InChI=1S/C21H30N4O3/c1-3-27-19-8-7-16(14-20(19)28-4-2)9-12-23-21(26)18-10-13-25(24-18)17-6-5-11-22-15-17/h7-8,10,13-14,17,22H,3-6,9,11-12,15H2,1-2H3,(H,23,26). The molecule has 1 unspecified atom stereocenters. The molecule has 0 aliphatic carbocycles. The van der Waals surface area contributed by atoms with Gasteiger partial charge in [-0.1, -0.05) is 6.07 Å². The third kappa shape index (κ3) is 5.25. The Morgan fingerprint density at radius 2 is 2.07 bits per heavy atom. The summed E-state index contributed by atoms with van der Waals surface area (Å²) in [4.78, 5) is 12.4. The van der Waals surface area contributed by atoms with Crippen molar-refractivity contribution in [3.05, 3.63) is 41.7 Å². The fourth-order valence-electron chi connectivity index (χ4n) is 3.38. The van der Waals surface area contributed by atoms with E-state index in [9.17, 15) is 4.79 Å². The van der Waals surface area contributed by atoms with Crippen molar-refractivity contribution in [3.63, 3.8) is 0 Å². The molecule has 0 bridgehead atoms. The Bertz CT molecular complexity index is 769. The minimum atomic E-state index is -0.140. The molecule has 2 aromatic rings. The van der Waals surface area contributed by atoms with Crippen molar-refractivity contribution >= 4 is 5.91 Å². The van der Waals surface area contributed by atoms with E-state index in [-0.39, 0.29) is 5.91 Å². The molecule has 7 nitrogen and oxygen atoms in total. The fourth-order valence-corrected chi connectivity index (χ4v) is 3.38. The summed E-state index contributed by atoms with van der Waals surface area (Å²) in [5.74, 6) is 1.35. The Hall–Kier alpha value is -2.54. The molecule has 1 fully saturated rings. The summed E-state index contributed by atoms with van der Waals surface area (Å²) >= 11 is 0. The molecule has 1 amide bonds. The zero-order chi connectivity index (χ0) is 19.8. The molecule has 1 aromatic carbocycles. The van der Waals surface area contributed by atoms with Gasteiger partial charge >= 0.3 is 0 Å². The Balaban J connectivity index is 1.52. The first-order valence-corrected chi connectivity index (χ1v) is 10.1. The second kappa shape index (κ2) is 10.1. The van der Waals surface area contributed by atoms with Crippen molar-refractivity contribution < 1.29 is 14.3 Å². The molecule has 0 saturated carbocycles. The third-order valence-corrected chi connectivity index (χ3v) is 4.79. The Labute approximate surface area is 166 Å². The maximum atomic E-state index is 12.4. The van der Waals surface area contributed by atoms with Crippen LogP contribution in [0.2, 0.25) is 0 Å². The summed E-state index contributed by atoms with van der Waals surface area (Å²) in [7, 11) is 0. The second-order valence-corrected chi connectivity index (χ2v) is 6.83. The van der Waals surface area contributed by atoms with Crippen molar-refractivity contribution in [1.82, 2.24) is 20.4 Å². The molecule has 2 heterocycles. The highest BCUT2D eigenvalue weighted by Crippen LogP contribution is 2.28. The van der Waals surface area contributed by atoms with Crippen molar-refractivity contribution in [2.24, 2.45) is 0 Å². The lowest BCUT2D eigenvalue weighted by molar-refractivity contribution is 0.0947. The average molecular weight is 386 g/mol. The van der Waals surface area contributed by atoms with Gasteiger partial charge in [-0.15, -0.1) is 0 Å². The summed E-state index contributed by atoms with van der Waals surface area (Å²) in [6.07, 6.45) is 4.84. The van der Waals surface area contributed by atoms with Crippen molar-refractivity contribution in [1.29, 1.82) is 0 Å². The molecule has 1 aliphatic heterocycles. The maximum absolute atomic E-state index is 12.4. The van der Waals surface area contributed by atoms with Crippen LogP contribution < -0.4 is 20.1 Å². The molecule has 0 radical (unpaired) electrons. The Morgan fingerprint density at radius 3 is 2.82 bits per heavy atom. The molecule has 1 aromatic heterocycles. The number of carbonyl (C=O) groups is 1. The molecular formula is C21H30N4O3. The zero-order valence-electron chi connectivity index (χ0n) is 16.7. The number of ether oxygens (including phenoxy) is 2. The zero-order valence-corrected chi connectivity index (χ0v) is 16.7. The number of benzene rings is 1. The molecule has 152 valence electrons. The minimum Gasteiger partial charge on any atom is -0.490 e. The maximum Gasteiger partial charge on any atom is 0.271 e. The summed E-state index contributed by atoms with van der Waals surface area (Å²) in [6, 6.07) is 8.02. The van der Waals surface area contributed by atoms with E-state index in [2.05, 4.69) is 15.7 Å². The van der Waals surface area contributed by atoms with Crippen LogP contribution in [-0.2, 0) is 6.42 Å². The normalized spacial score (nSPS) is 16.6.